The smallest absolute Gasteiger partial charge is 0.253 e. The van der Waals surface area contributed by atoms with Crippen LogP contribution in [0.5, 0.6) is 0 Å². The molecule has 4 aromatic heterocycles. The number of carbonyl (C=O) groups excluding carboxylic acids is 1. The van der Waals surface area contributed by atoms with Crippen molar-refractivity contribution in [2.45, 2.75) is 11.4 Å². The van der Waals surface area contributed by atoms with Gasteiger partial charge in [0, 0.05) is 43.8 Å². The maximum Gasteiger partial charge on any atom is 0.253 e. The van der Waals surface area contributed by atoms with Crippen molar-refractivity contribution in [3.63, 3.8) is 0 Å². The summed E-state index contributed by atoms with van der Waals surface area (Å²) in [7, 11) is -1.61. The standard InChI is InChI=1S/C24H24N6O4S/c1-30(8-9-31)23-5-3-4-20(29-23)21-7-6-16-13-26-18(11-22(16)28-21)14-27-24(32)17-10-19(15-25-12-17)35(2,33)34/h3-7,10-13,15,31H,8-9,14H2,1-2H3,(H,27,32). The van der Waals surface area contributed by atoms with Gasteiger partial charge in [0.15, 0.2) is 9.84 Å². The predicted octanol–water partition coefficient (Wildman–Crippen LogP) is 1.85. The first-order chi connectivity index (χ1) is 16.7. The lowest BCUT2D eigenvalue weighted by atomic mass is 10.2. The SMILES string of the molecule is CN(CCO)c1cccc(-c2ccc3cnc(CNC(=O)c4cncc(S(C)(=O)=O)c4)cc3n2)n1. The van der Waals surface area contributed by atoms with Crippen molar-refractivity contribution in [3.8, 4) is 11.4 Å². The first-order valence-electron chi connectivity index (χ1n) is 10.7. The lowest BCUT2D eigenvalue weighted by molar-refractivity contribution is 0.0950. The number of aliphatic hydroxyl groups is 1. The molecule has 0 atom stereocenters. The molecule has 0 saturated carbocycles. The van der Waals surface area contributed by atoms with Crippen LogP contribution < -0.4 is 10.2 Å². The molecule has 2 N–H and O–H groups in total. The van der Waals surface area contributed by atoms with Crippen LogP contribution in [0.4, 0.5) is 5.82 Å². The summed E-state index contributed by atoms with van der Waals surface area (Å²) in [5.74, 6) is 0.269. The first kappa shape index (κ1) is 24.2. The van der Waals surface area contributed by atoms with Crippen LogP contribution in [0.15, 0.2) is 66.0 Å². The number of pyridine rings is 4. The van der Waals surface area contributed by atoms with Crippen molar-refractivity contribution in [3.05, 3.63) is 72.3 Å². The third-order valence-corrected chi connectivity index (χ3v) is 6.37. The minimum absolute atomic E-state index is 0.0223. The first-order valence-corrected chi connectivity index (χ1v) is 12.6. The Hall–Kier alpha value is -3.96. The number of nitrogens with one attached hydrogen (secondary N) is 1. The highest BCUT2D eigenvalue weighted by atomic mass is 32.2. The molecule has 11 heteroatoms. The third-order valence-electron chi connectivity index (χ3n) is 5.29. The van der Waals surface area contributed by atoms with E-state index in [1.165, 1.54) is 18.5 Å². The molecular weight excluding hydrogens is 468 g/mol. The second-order valence-corrected chi connectivity index (χ2v) is 9.97. The molecule has 0 aliphatic rings. The number of sulfone groups is 1. The highest BCUT2D eigenvalue weighted by molar-refractivity contribution is 7.90. The van der Waals surface area contributed by atoms with Crippen LogP contribution in [0.3, 0.4) is 0 Å². The van der Waals surface area contributed by atoms with Crippen LogP contribution in [0.1, 0.15) is 16.1 Å². The highest BCUT2D eigenvalue weighted by Gasteiger charge is 2.13. The van der Waals surface area contributed by atoms with Gasteiger partial charge < -0.3 is 15.3 Å². The van der Waals surface area contributed by atoms with Gasteiger partial charge in [-0.15, -0.1) is 0 Å². The van der Waals surface area contributed by atoms with Gasteiger partial charge in [0.05, 0.1) is 46.2 Å². The minimum atomic E-state index is -3.47. The fourth-order valence-corrected chi connectivity index (χ4v) is 3.95. The van der Waals surface area contributed by atoms with Gasteiger partial charge in [0.1, 0.15) is 5.82 Å². The lowest BCUT2D eigenvalue weighted by Crippen LogP contribution is -2.23. The normalized spacial score (nSPS) is 11.4. The van der Waals surface area contributed by atoms with Crippen molar-refractivity contribution in [1.82, 2.24) is 25.3 Å². The molecule has 4 rings (SSSR count). The van der Waals surface area contributed by atoms with Crippen molar-refractivity contribution in [2.24, 2.45) is 0 Å². The fraction of sp³-hybridized carbons (Fsp3) is 0.208. The number of carbonyl (C=O) groups is 1. The van der Waals surface area contributed by atoms with Crippen LogP contribution in [0, 0.1) is 0 Å². The Morgan fingerprint density at radius 2 is 1.86 bits per heavy atom. The van der Waals surface area contributed by atoms with Gasteiger partial charge in [0.25, 0.3) is 5.91 Å². The van der Waals surface area contributed by atoms with Gasteiger partial charge in [-0.1, -0.05) is 6.07 Å². The van der Waals surface area contributed by atoms with Gasteiger partial charge in [-0.25, -0.2) is 18.4 Å². The molecule has 0 aliphatic heterocycles. The van der Waals surface area contributed by atoms with Crippen LogP contribution in [0.25, 0.3) is 22.3 Å². The molecule has 0 saturated heterocycles. The second kappa shape index (κ2) is 10.1. The Morgan fingerprint density at radius 3 is 2.63 bits per heavy atom. The quantitative estimate of drug-likeness (QED) is 0.377. The largest absolute Gasteiger partial charge is 0.395 e. The zero-order chi connectivity index (χ0) is 25.0. The molecule has 0 bridgehead atoms. The number of aliphatic hydroxyl groups excluding tert-OH is 1. The summed E-state index contributed by atoms with van der Waals surface area (Å²) in [5, 5.41) is 12.7. The van der Waals surface area contributed by atoms with E-state index < -0.39 is 15.7 Å². The molecule has 35 heavy (non-hydrogen) atoms. The number of likely N-dealkylation sites (N-methyl/N-ethyl adjacent to an activating group) is 1. The summed E-state index contributed by atoms with van der Waals surface area (Å²) in [6.07, 6.45) is 5.25. The van der Waals surface area contributed by atoms with Crippen LogP contribution in [-0.2, 0) is 16.4 Å². The zero-order valence-electron chi connectivity index (χ0n) is 19.2. The van der Waals surface area contributed by atoms with Gasteiger partial charge in [-0.3, -0.25) is 14.8 Å². The van der Waals surface area contributed by atoms with E-state index in [0.717, 1.165) is 17.5 Å². The van der Waals surface area contributed by atoms with E-state index >= 15 is 0 Å². The molecule has 10 nitrogen and oxygen atoms in total. The molecular formula is C24H24N6O4S. The van der Waals surface area contributed by atoms with Crippen molar-refractivity contribution in [2.75, 3.05) is 31.4 Å². The summed E-state index contributed by atoms with van der Waals surface area (Å²) in [5.41, 5.74) is 2.80. The number of hydrogen-bond acceptors (Lipinski definition) is 9. The molecule has 1 amide bonds. The number of hydrogen-bond donors (Lipinski definition) is 2. The van der Waals surface area contributed by atoms with Crippen molar-refractivity contribution in [1.29, 1.82) is 0 Å². The second-order valence-electron chi connectivity index (χ2n) is 7.96. The zero-order valence-corrected chi connectivity index (χ0v) is 20.0. The number of anilines is 1. The molecule has 0 unspecified atom stereocenters. The summed E-state index contributed by atoms with van der Waals surface area (Å²) in [6.45, 7) is 0.628. The third kappa shape index (κ3) is 5.76. The molecule has 0 fully saturated rings. The van der Waals surface area contributed by atoms with E-state index in [4.69, 9.17) is 4.98 Å². The summed E-state index contributed by atoms with van der Waals surface area (Å²) < 4.78 is 23.4. The topological polar surface area (TPSA) is 138 Å². The van der Waals surface area contributed by atoms with Crippen LogP contribution in [-0.4, -0.2) is 65.8 Å². The fourth-order valence-electron chi connectivity index (χ4n) is 3.36. The van der Waals surface area contributed by atoms with Gasteiger partial charge in [-0.05, 0) is 36.4 Å². The van der Waals surface area contributed by atoms with E-state index in [1.54, 1.807) is 12.3 Å². The number of amides is 1. The number of nitrogens with zero attached hydrogens (tertiary/aromatic N) is 5. The molecule has 0 aliphatic carbocycles. The molecule has 0 radical (unpaired) electrons. The van der Waals surface area contributed by atoms with E-state index in [0.29, 0.717) is 29.1 Å². The van der Waals surface area contributed by atoms with Crippen LogP contribution >= 0.6 is 0 Å². The van der Waals surface area contributed by atoms with Crippen LogP contribution in [0.2, 0.25) is 0 Å². The average Bonchev–Trinajstić information content (AvgIpc) is 2.86. The summed E-state index contributed by atoms with van der Waals surface area (Å²) in [6, 6.07) is 12.5. The molecule has 0 spiro atoms. The number of fused-ring (bicyclic) bond motifs is 1. The molecule has 4 heterocycles. The van der Waals surface area contributed by atoms with Gasteiger partial charge in [0.2, 0.25) is 0 Å². The molecule has 4 aromatic rings. The van der Waals surface area contributed by atoms with E-state index in [2.05, 4.69) is 20.3 Å². The predicted molar refractivity (Wildman–Crippen MR) is 132 cm³/mol. The monoisotopic (exact) mass is 492 g/mol. The van der Waals surface area contributed by atoms with E-state index in [-0.39, 0.29) is 23.6 Å². The Labute approximate surface area is 202 Å². The maximum absolute atomic E-state index is 12.5. The number of rotatable bonds is 8. The molecule has 0 aromatic carbocycles. The minimum Gasteiger partial charge on any atom is -0.395 e. The van der Waals surface area contributed by atoms with Gasteiger partial charge >= 0.3 is 0 Å². The van der Waals surface area contributed by atoms with E-state index in [1.807, 2.05) is 42.3 Å². The summed E-state index contributed by atoms with van der Waals surface area (Å²) in [4.78, 5) is 31.9. The highest BCUT2D eigenvalue weighted by Crippen LogP contribution is 2.22. The van der Waals surface area contributed by atoms with Gasteiger partial charge in [-0.2, -0.15) is 0 Å². The van der Waals surface area contributed by atoms with E-state index in [9.17, 15) is 18.3 Å². The average molecular weight is 493 g/mol. The van der Waals surface area contributed by atoms with Crippen molar-refractivity contribution < 1.29 is 18.3 Å². The molecule has 180 valence electrons. The Kier molecular flexibility index (Phi) is 6.99. The Morgan fingerprint density at radius 1 is 1.06 bits per heavy atom. The Balaban J connectivity index is 1.53. The Bertz CT molecular complexity index is 1490. The lowest BCUT2D eigenvalue weighted by Gasteiger charge is -2.17. The van der Waals surface area contributed by atoms with Crippen molar-refractivity contribution >= 4 is 32.5 Å². The number of aromatic nitrogens is 4. The summed E-state index contributed by atoms with van der Waals surface area (Å²) >= 11 is 0. The maximum atomic E-state index is 12.5.